The van der Waals surface area contributed by atoms with Crippen molar-refractivity contribution in [1.29, 1.82) is 0 Å². The van der Waals surface area contributed by atoms with Crippen LogP contribution in [0.5, 0.6) is 0 Å². The molecule has 1 unspecified atom stereocenters. The molecule has 0 heterocycles. The van der Waals surface area contributed by atoms with Gasteiger partial charge in [-0.15, -0.1) is 0 Å². The summed E-state index contributed by atoms with van der Waals surface area (Å²) in [6.45, 7) is 0. The lowest BCUT2D eigenvalue weighted by atomic mass is 9.93. The van der Waals surface area contributed by atoms with Crippen LogP contribution in [0.2, 0.25) is 0 Å². The van der Waals surface area contributed by atoms with Crippen molar-refractivity contribution >= 4 is 15.9 Å². The van der Waals surface area contributed by atoms with Crippen molar-refractivity contribution in [3.8, 4) is 0 Å². The van der Waals surface area contributed by atoms with Gasteiger partial charge in [0.2, 0.25) is 0 Å². The van der Waals surface area contributed by atoms with E-state index in [1.165, 1.54) is 48.6 Å². The summed E-state index contributed by atoms with van der Waals surface area (Å²) in [5.74, 6) is 0.909. The second-order valence-electron chi connectivity index (χ2n) is 5.11. The maximum Gasteiger partial charge on any atom is 0.0177 e. The zero-order valence-electron chi connectivity index (χ0n) is 10.6. The number of rotatable bonds is 5. The first-order valence-electron chi connectivity index (χ1n) is 6.71. The lowest BCUT2D eigenvalue weighted by molar-refractivity contribution is 0.360. The number of hydrogen-bond acceptors (Lipinski definition) is 1. The van der Waals surface area contributed by atoms with E-state index in [0.717, 1.165) is 5.92 Å². The van der Waals surface area contributed by atoms with Gasteiger partial charge in [0, 0.05) is 10.5 Å². The number of aryl methyl sites for hydroxylation is 1. The van der Waals surface area contributed by atoms with Crippen LogP contribution < -0.4 is 5.32 Å². The van der Waals surface area contributed by atoms with Crippen molar-refractivity contribution < 1.29 is 0 Å². The zero-order valence-corrected chi connectivity index (χ0v) is 12.2. The van der Waals surface area contributed by atoms with Crippen LogP contribution in [-0.4, -0.2) is 13.1 Å². The summed E-state index contributed by atoms with van der Waals surface area (Å²) in [5, 5.41) is 3.52. The van der Waals surface area contributed by atoms with Gasteiger partial charge in [-0.05, 0) is 56.3 Å². The monoisotopic (exact) mass is 295 g/mol. The minimum absolute atomic E-state index is 0.705. The standard InChI is InChI=1S/C15H22BrN/c1-17-15(13-6-2-3-7-13)10-9-12-5-4-8-14(16)11-12/h4-5,8,11,13,15,17H,2-3,6-7,9-10H2,1H3. The van der Waals surface area contributed by atoms with E-state index in [-0.39, 0.29) is 0 Å². The molecule has 0 bridgehead atoms. The molecule has 1 aliphatic rings. The van der Waals surface area contributed by atoms with Crippen molar-refractivity contribution in [3.05, 3.63) is 34.3 Å². The molecule has 1 nitrogen and oxygen atoms in total. The van der Waals surface area contributed by atoms with Gasteiger partial charge in [-0.3, -0.25) is 0 Å². The van der Waals surface area contributed by atoms with Crippen LogP contribution in [0.15, 0.2) is 28.7 Å². The van der Waals surface area contributed by atoms with E-state index in [1.54, 1.807) is 0 Å². The van der Waals surface area contributed by atoms with Crippen molar-refractivity contribution in [3.63, 3.8) is 0 Å². The Balaban J connectivity index is 1.87. The highest BCUT2D eigenvalue weighted by atomic mass is 79.9. The molecule has 2 heteroatoms. The molecule has 1 N–H and O–H groups in total. The molecule has 0 radical (unpaired) electrons. The molecule has 1 saturated carbocycles. The fourth-order valence-electron chi connectivity index (χ4n) is 2.99. The molecule has 0 spiro atoms. The molecule has 94 valence electrons. The SMILES string of the molecule is CNC(CCc1cccc(Br)c1)C1CCCC1. The van der Waals surface area contributed by atoms with Gasteiger partial charge in [-0.1, -0.05) is 40.9 Å². The van der Waals surface area contributed by atoms with Gasteiger partial charge in [0.1, 0.15) is 0 Å². The molecule has 0 saturated heterocycles. The molecular weight excluding hydrogens is 274 g/mol. The molecule has 1 atom stereocenters. The number of halogens is 1. The predicted octanol–water partition coefficient (Wildman–Crippen LogP) is 4.16. The molecule has 0 aliphatic heterocycles. The van der Waals surface area contributed by atoms with Crippen LogP contribution in [0, 0.1) is 5.92 Å². The first-order chi connectivity index (χ1) is 8.29. The third-order valence-corrected chi connectivity index (χ3v) is 4.47. The van der Waals surface area contributed by atoms with Gasteiger partial charge in [-0.2, -0.15) is 0 Å². The fraction of sp³-hybridized carbons (Fsp3) is 0.600. The van der Waals surface area contributed by atoms with Gasteiger partial charge in [0.25, 0.3) is 0 Å². The summed E-state index contributed by atoms with van der Waals surface area (Å²) < 4.78 is 1.19. The number of nitrogens with one attached hydrogen (secondary N) is 1. The van der Waals surface area contributed by atoms with Gasteiger partial charge in [0.05, 0.1) is 0 Å². The van der Waals surface area contributed by atoms with Crippen LogP contribution in [-0.2, 0) is 6.42 Å². The molecule has 1 aromatic rings. The minimum Gasteiger partial charge on any atom is -0.317 e. The summed E-state index contributed by atoms with van der Waals surface area (Å²) in [6.07, 6.45) is 8.15. The van der Waals surface area contributed by atoms with Gasteiger partial charge < -0.3 is 5.32 Å². The quantitative estimate of drug-likeness (QED) is 0.860. The Bertz CT molecular complexity index is 345. The molecule has 0 amide bonds. The topological polar surface area (TPSA) is 12.0 Å². The van der Waals surface area contributed by atoms with Crippen LogP contribution >= 0.6 is 15.9 Å². The smallest absolute Gasteiger partial charge is 0.0177 e. The van der Waals surface area contributed by atoms with Gasteiger partial charge in [-0.25, -0.2) is 0 Å². The summed E-state index contributed by atoms with van der Waals surface area (Å²) in [7, 11) is 2.11. The highest BCUT2D eigenvalue weighted by Gasteiger charge is 2.23. The fourth-order valence-corrected chi connectivity index (χ4v) is 3.44. The largest absolute Gasteiger partial charge is 0.317 e. The molecule has 17 heavy (non-hydrogen) atoms. The summed E-state index contributed by atoms with van der Waals surface area (Å²) in [6, 6.07) is 9.39. The average molecular weight is 296 g/mol. The molecule has 1 aromatic carbocycles. The second-order valence-corrected chi connectivity index (χ2v) is 6.02. The Morgan fingerprint density at radius 3 is 2.76 bits per heavy atom. The van der Waals surface area contributed by atoms with Crippen molar-refractivity contribution in [2.45, 2.75) is 44.6 Å². The Morgan fingerprint density at radius 1 is 1.35 bits per heavy atom. The van der Waals surface area contributed by atoms with Crippen molar-refractivity contribution in [1.82, 2.24) is 5.32 Å². The third-order valence-electron chi connectivity index (χ3n) is 3.97. The summed E-state index contributed by atoms with van der Waals surface area (Å²) in [4.78, 5) is 0. The zero-order chi connectivity index (χ0) is 12.1. The van der Waals surface area contributed by atoms with E-state index >= 15 is 0 Å². The van der Waals surface area contributed by atoms with Crippen molar-refractivity contribution in [2.75, 3.05) is 7.05 Å². The van der Waals surface area contributed by atoms with E-state index in [2.05, 4.69) is 52.6 Å². The summed E-state index contributed by atoms with van der Waals surface area (Å²) in [5.41, 5.74) is 1.44. The number of benzene rings is 1. The predicted molar refractivity (Wildman–Crippen MR) is 77.3 cm³/mol. The van der Waals surface area contributed by atoms with E-state index in [4.69, 9.17) is 0 Å². The Labute approximate surface area is 113 Å². The van der Waals surface area contributed by atoms with Gasteiger partial charge in [0.15, 0.2) is 0 Å². The van der Waals surface area contributed by atoms with Gasteiger partial charge >= 0.3 is 0 Å². The molecule has 0 aromatic heterocycles. The van der Waals surface area contributed by atoms with E-state index in [0.29, 0.717) is 6.04 Å². The second kappa shape index (κ2) is 6.55. The number of hydrogen-bond donors (Lipinski definition) is 1. The lowest BCUT2D eigenvalue weighted by Crippen LogP contribution is -2.32. The van der Waals surface area contributed by atoms with E-state index in [1.807, 2.05) is 0 Å². The maximum absolute atomic E-state index is 3.54. The van der Waals surface area contributed by atoms with Crippen molar-refractivity contribution in [2.24, 2.45) is 5.92 Å². The summed E-state index contributed by atoms with van der Waals surface area (Å²) >= 11 is 3.54. The van der Waals surface area contributed by atoms with E-state index < -0.39 is 0 Å². The first-order valence-corrected chi connectivity index (χ1v) is 7.50. The van der Waals surface area contributed by atoms with E-state index in [9.17, 15) is 0 Å². The minimum atomic E-state index is 0.705. The Hall–Kier alpha value is -0.340. The normalized spacial score (nSPS) is 18.5. The lowest BCUT2D eigenvalue weighted by Gasteiger charge is -2.22. The molecule has 1 aliphatic carbocycles. The Morgan fingerprint density at radius 2 is 2.12 bits per heavy atom. The molecular formula is C15H22BrN. The van der Waals surface area contributed by atoms with Crippen LogP contribution in [0.3, 0.4) is 0 Å². The van der Waals surface area contributed by atoms with Crippen LogP contribution in [0.4, 0.5) is 0 Å². The van der Waals surface area contributed by atoms with Crippen LogP contribution in [0.1, 0.15) is 37.7 Å². The highest BCUT2D eigenvalue weighted by Crippen LogP contribution is 2.29. The van der Waals surface area contributed by atoms with Crippen LogP contribution in [0.25, 0.3) is 0 Å². The average Bonchev–Trinajstić information content (AvgIpc) is 2.84. The third kappa shape index (κ3) is 3.82. The maximum atomic E-state index is 3.54. The first kappa shape index (κ1) is 13.1. The molecule has 2 rings (SSSR count). The Kier molecular flexibility index (Phi) is 5.05. The molecule has 1 fully saturated rings. The highest BCUT2D eigenvalue weighted by molar-refractivity contribution is 9.10.